The Bertz CT molecular complexity index is 1400. The molecule has 0 N–H and O–H groups in total. The summed E-state index contributed by atoms with van der Waals surface area (Å²) in [6.07, 6.45) is -4.41. The summed E-state index contributed by atoms with van der Waals surface area (Å²) >= 11 is 7.11. The minimum absolute atomic E-state index is 0.0343. The molecule has 9 nitrogen and oxygen atoms in total. The van der Waals surface area contributed by atoms with E-state index >= 15 is 0 Å². The van der Waals surface area contributed by atoms with Crippen molar-refractivity contribution < 1.29 is 41.6 Å². The largest absolute Gasteiger partial charge is 0.629 e. The van der Waals surface area contributed by atoms with E-state index in [1.54, 1.807) is 31.4 Å². The number of oxime groups is 1. The van der Waals surface area contributed by atoms with E-state index in [0.29, 0.717) is 10.9 Å². The van der Waals surface area contributed by atoms with Crippen LogP contribution in [-0.4, -0.2) is 23.2 Å². The summed E-state index contributed by atoms with van der Waals surface area (Å²) in [6, 6.07) is 7.80. The molecule has 1 heterocycles. The first kappa shape index (κ1) is 29.0. The molecule has 0 aliphatic carbocycles. The van der Waals surface area contributed by atoms with E-state index in [9.17, 15) is 32.6 Å². The number of benzene rings is 2. The highest BCUT2D eigenvalue weighted by atomic mass is 35.5. The minimum atomic E-state index is -4.63. The summed E-state index contributed by atoms with van der Waals surface area (Å²) in [4.78, 5) is 23.6. The topological polar surface area (TPSA) is 117 Å². The summed E-state index contributed by atoms with van der Waals surface area (Å²) in [7, 11) is -3.05. The molecule has 1 aromatic heterocycles. The number of alkyl halides is 3. The third-order valence-corrected chi connectivity index (χ3v) is 6.99. The molecular weight excluding hydrogens is 572 g/mol. The summed E-state index contributed by atoms with van der Waals surface area (Å²) in [5, 5.41) is 16.2. The molecular formula is C23H18ClF3N2O7PS+. The van der Waals surface area contributed by atoms with Gasteiger partial charge >= 0.3 is 31.2 Å². The first-order chi connectivity index (χ1) is 18.0. The summed E-state index contributed by atoms with van der Waals surface area (Å²) < 4.78 is 67.5. The lowest BCUT2D eigenvalue weighted by Gasteiger charge is -2.13. The maximum Gasteiger partial charge on any atom is 0.629 e. The van der Waals surface area contributed by atoms with Gasteiger partial charge in [0.1, 0.15) is 11.5 Å². The van der Waals surface area contributed by atoms with Crippen molar-refractivity contribution in [3.8, 4) is 11.5 Å². The lowest BCUT2D eigenvalue weighted by molar-refractivity contribution is -0.383. The Morgan fingerprint density at radius 2 is 1.92 bits per heavy atom. The van der Waals surface area contributed by atoms with Gasteiger partial charge < -0.3 is 9.47 Å². The Morgan fingerprint density at radius 3 is 2.47 bits per heavy atom. The van der Waals surface area contributed by atoms with Crippen LogP contribution in [0.2, 0.25) is 5.02 Å². The molecule has 0 bridgehead atoms. The fourth-order valence-electron chi connectivity index (χ4n) is 3.06. The number of ether oxygens (including phenoxy) is 2. The molecule has 15 heteroatoms. The number of nitro benzene ring substituents is 1. The molecule has 2 aromatic carbocycles. The van der Waals surface area contributed by atoms with Crippen LogP contribution < -0.4 is 10.0 Å². The lowest BCUT2D eigenvalue weighted by atomic mass is 10.1. The first-order valence-electron chi connectivity index (χ1n) is 10.8. The Morgan fingerprint density at radius 1 is 1.18 bits per heavy atom. The van der Waals surface area contributed by atoms with Crippen molar-refractivity contribution in [2.24, 2.45) is 5.16 Å². The smallest absolute Gasteiger partial charge is 0.461 e. The average molecular weight is 590 g/mol. The number of thiophene rings is 1. The van der Waals surface area contributed by atoms with Crippen LogP contribution in [0.3, 0.4) is 0 Å². The van der Waals surface area contributed by atoms with Crippen molar-refractivity contribution >= 4 is 53.6 Å². The second-order valence-corrected chi connectivity index (χ2v) is 9.79. The van der Waals surface area contributed by atoms with Gasteiger partial charge in [-0.3, -0.25) is 10.1 Å². The number of carbonyl (C=O) groups is 1. The second kappa shape index (κ2) is 12.3. The van der Waals surface area contributed by atoms with Gasteiger partial charge in [-0.05, 0) is 52.7 Å². The molecule has 0 aliphatic heterocycles. The highest BCUT2D eigenvalue weighted by Gasteiger charge is 2.38. The predicted molar refractivity (Wildman–Crippen MR) is 135 cm³/mol. The van der Waals surface area contributed by atoms with Gasteiger partial charge in [0.25, 0.3) is 0 Å². The molecule has 200 valence electrons. The molecule has 38 heavy (non-hydrogen) atoms. The molecule has 0 saturated carbocycles. The molecule has 3 rings (SSSR count). The fraction of sp³-hybridized carbons (Fsp3) is 0.217. The lowest BCUT2D eigenvalue weighted by Crippen LogP contribution is -2.18. The molecule has 1 unspecified atom stereocenters. The maximum atomic E-state index is 13.0. The van der Waals surface area contributed by atoms with Crippen molar-refractivity contribution in [3.63, 3.8) is 0 Å². The number of rotatable bonds is 10. The molecule has 0 aliphatic rings. The molecule has 0 amide bonds. The standard InChI is InChI=1S/C23H18ClF3N2O7PS/c1-3-13-10-16(29(31)32)19(12-18(13)35-17-8-7-14(11-15(17)24)23(25,26)27)37(33)36-28-21(22(30)34-4-2)20-6-5-9-38-20/h5-12H,3-4H2,1-2H3/q+1. The van der Waals surface area contributed by atoms with Crippen molar-refractivity contribution in [1.29, 1.82) is 0 Å². The molecule has 0 fully saturated rings. The number of carbonyl (C=O) groups excluding carboxylic acids is 1. The molecule has 0 radical (unpaired) electrons. The van der Waals surface area contributed by atoms with E-state index in [4.69, 9.17) is 25.7 Å². The van der Waals surface area contributed by atoms with Crippen LogP contribution in [-0.2, 0) is 31.3 Å². The van der Waals surface area contributed by atoms with Gasteiger partial charge in [0.15, 0.2) is 0 Å². The van der Waals surface area contributed by atoms with Gasteiger partial charge in [0.05, 0.1) is 27.0 Å². The highest BCUT2D eigenvalue weighted by molar-refractivity contribution is 7.48. The first-order valence-corrected chi connectivity index (χ1v) is 13.2. The maximum absolute atomic E-state index is 13.0. The van der Waals surface area contributed by atoms with Crippen LogP contribution in [0.1, 0.15) is 29.9 Å². The SMILES string of the molecule is CCOC(=O)C(=NO[P+](=O)c1cc(Oc2ccc(C(F)(F)F)cc2Cl)c(CC)cc1[N+](=O)[O-])c1cccs1. The van der Waals surface area contributed by atoms with E-state index in [2.05, 4.69) is 5.16 Å². The number of nitro groups is 1. The van der Waals surface area contributed by atoms with Crippen LogP contribution in [0.15, 0.2) is 53.0 Å². The van der Waals surface area contributed by atoms with Crippen molar-refractivity contribution in [2.45, 2.75) is 26.4 Å². The van der Waals surface area contributed by atoms with Crippen LogP contribution in [0, 0.1) is 10.1 Å². The summed E-state index contributed by atoms with van der Waals surface area (Å²) in [6.45, 7) is 3.27. The van der Waals surface area contributed by atoms with E-state index < -0.39 is 41.7 Å². The molecule has 0 spiro atoms. The molecule has 0 saturated heterocycles. The summed E-state index contributed by atoms with van der Waals surface area (Å²) in [5.74, 6) is -1.06. The fourth-order valence-corrected chi connectivity index (χ4v) is 4.77. The zero-order chi connectivity index (χ0) is 28.0. The highest BCUT2D eigenvalue weighted by Crippen LogP contribution is 2.39. The number of aryl methyl sites for hydroxylation is 1. The van der Waals surface area contributed by atoms with Gasteiger partial charge in [0.2, 0.25) is 5.71 Å². The number of esters is 1. The Balaban J connectivity index is 2.00. The second-order valence-electron chi connectivity index (χ2n) is 7.28. The number of hydrogen-bond acceptors (Lipinski definition) is 9. The minimum Gasteiger partial charge on any atom is -0.461 e. The van der Waals surface area contributed by atoms with Gasteiger partial charge in [-0.25, -0.2) is 4.79 Å². The zero-order valence-electron chi connectivity index (χ0n) is 19.7. The van der Waals surface area contributed by atoms with Crippen LogP contribution in [0.25, 0.3) is 0 Å². The van der Waals surface area contributed by atoms with Gasteiger partial charge in [0, 0.05) is 17.7 Å². The number of hydrogen-bond donors (Lipinski definition) is 0. The van der Waals surface area contributed by atoms with E-state index in [0.717, 1.165) is 35.6 Å². The van der Waals surface area contributed by atoms with E-state index in [1.165, 1.54) is 0 Å². The van der Waals surface area contributed by atoms with Crippen molar-refractivity contribution in [1.82, 2.24) is 0 Å². The summed E-state index contributed by atoms with van der Waals surface area (Å²) in [5.41, 5.74) is -1.56. The Labute approximate surface area is 223 Å². The average Bonchev–Trinajstić information content (AvgIpc) is 3.39. The van der Waals surface area contributed by atoms with Crippen LogP contribution in [0.5, 0.6) is 11.5 Å². The third-order valence-electron chi connectivity index (χ3n) is 4.84. The van der Waals surface area contributed by atoms with Gasteiger partial charge in [-0.1, -0.05) is 24.6 Å². The van der Waals surface area contributed by atoms with Crippen molar-refractivity contribution in [2.75, 3.05) is 6.61 Å². The van der Waals surface area contributed by atoms with E-state index in [1.807, 2.05) is 0 Å². The van der Waals surface area contributed by atoms with Crippen LogP contribution >= 0.6 is 31.0 Å². The van der Waals surface area contributed by atoms with Gasteiger partial charge in [-0.15, -0.1) is 16.0 Å². The zero-order valence-corrected chi connectivity index (χ0v) is 22.1. The molecule has 1 atom stereocenters. The normalized spacial score (nSPS) is 12.2. The van der Waals surface area contributed by atoms with Crippen molar-refractivity contribution in [3.05, 3.63) is 79.0 Å². The van der Waals surface area contributed by atoms with E-state index in [-0.39, 0.29) is 40.8 Å². The quantitative estimate of drug-likeness (QED) is 0.0818. The third kappa shape index (κ3) is 6.85. The monoisotopic (exact) mass is 589 g/mol. The number of nitrogens with zero attached hydrogens (tertiary/aromatic N) is 2. The Hall–Kier alpha value is -3.54. The molecule has 3 aromatic rings. The number of halogens is 4. The van der Waals surface area contributed by atoms with Crippen LogP contribution in [0.4, 0.5) is 18.9 Å². The Kier molecular flexibility index (Phi) is 9.42. The van der Waals surface area contributed by atoms with Gasteiger partial charge in [-0.2, -0.15) is 13.2 Å². The predicted octanol–water partition coefficient (Wildman–Crippen LogP) is 7.03.